The van der Waals surface area contributed by atoms with E-state index >= 15 is 0 Å². The summed E-state index contributed by atoms with van der Waals surface area (Å²) in [7, 11) is 0. The van der Waals surface area contributed by atoms with Crippen LogP contribution >= 0.6 is 11.6 Å². The largest absolute Gasteiger partial charge is 0.481 e. The molecule has 0 radical (unpaired) electrons. The minimum atomic E-state index is -0.932. The third-order valence-corrected chi connectivity index (χ3v) is 4.95. The highest BCUT2D eigenvalue weighted by Crippen LogP contribution is 2.21. The number of carbonyl (C=O) groups excluding carboxylic acids is 1. The molecule has 3 N–H and O–H groups in total. The monoisotopic (exact) mass is 452 g/mol. The van der Waals surface area contributed by atoms with E-state index in [9.17, 15) is 9.59 Å². The molecular formula is C24H25ClN4O3. The number of hydrogen-bond donors (Lipinski definition) is 3. The number of anilines is 2. The Hall–Kier alpha value is -3.45. The van der Waals surface area contributed by atoms with Crippen LogP contribution in [0.1, 0.15) is 37.0 Å². The standard InChI is InChI=1S/C24H25ClN4O3/c1-15(2)12-20(14-23(30)31)27-24(32)17-8-6-16(7-9-17)21-10-11-22(29-28-21)26-19-5-3-4-18(25)13-19/h3-11,13,15,20H,12,14H2,1-2H3,(H,26,29)(H,27,32)(H,30,31)/t20-/m0/s1. The lowest BCUT2D eigenvalue weighted by Gasteiger charge is -2.19. The van der Waals surface area contributed by atoms with Crippen molar-refractivity contribution in [1.82, 2.24) is 15.5 Å². The van der Waals surface area contributed by atoms with Crippen molar-refractivity contribution in [3.05, 3.63) is 71.2 Å². The summed E-state index contributed by atoms with van der Waals surface area (Å²) in [6.45, 7) is 3.99. The van der Waals surface area contributed by atoms with Crippen LogP contribution in [0.25, 0.3) is 11.3 Å². The van der Waals surface area contributed by atoms with Gasteiger partial charge in [0.2, 0.25) is 0 Å². The number of carboxylic acids is 1. The van der Waals surface area contributed by atoms with E-state index in [0.717, 1.165) is 11.3 Å². The molecule has 0 saturated carbocycles. The molecule has 0 fully saturated rings. The van der Waals surface area contributed by atoms with E-state index in [-0.39, 0.29) is 18.2 Å². The zero-order valence-corrected chi connectivity index (χ0v) is 18.6. The van der Waals surface area contributed by atoms with Crippen molar-refractivity contribution >= 4 is 35.0 Å². The number of nitrogens with one attached hydrogen (secondary N) is 2. The number of carboxylic acid groups (broad SMARTS) is 1. The van der Waals surface area contributed by atoms with E-state index < -0.39 is 12.0 Å². The fraction of sp³-hybridized carbons (Fsp3) is 0.250. The molecule has 32 heavy (non-hydrogen) atoms. The van der Waals surface area contributed by atoms with Crippen molar-refractivity contribution in [2.75, 3.05) is 5.32 Å². The number of aromatic nitrogens is 2. The molecule has 0 spiro atoms. The molecule has 1 atom stereocenters. The second-order valence-corrected chi connectivity index (χ2v) is 8.35. The highest BCUT2D eigenvalue weighted by atomic mass is 35.5. The van der Waals surface area contributed by atoms with E-state index in [1.807, 2.05) is 38.1 Å². The van der Waals surface area contributed by atoms with Gasteiger partial charge in [-0.05, 0) is 54.8 Å². The Labute approximate surface area is 191 Å². The lowest BCUT2D eigenvalue weighted by atomic mass is 10.0. The molecule has 1 aromatic heterocycles. The average molecular weight is 453 g/mol. The molecule has 1 amide bonds. The first-order chi connectivity index (χ1) is 15.3. The molecule has 8 heteroatoms. The average Bonchev–Trinajstić information content (AvgIpc) is 2.73. The van der Waals surface area contributed by atoms with Crippen molar-refractivity contribution in [3.63, 3.8) is 0 Å². The zero-order chi connectivity index (χ0) is 23.1. The summed E-state index contributed by atoms with van der Waals surface area (Å²) in [5.74, 6) is -0.368. The summed E-state index contributed by atoms with van der Waals surface area (Å²) in [5, 5.41) is 24.1. The SMILES string of the molecule is CC(C)C[C@@H](CC(=O)O)NC(=O)c1ccc(-c2ccc(Nc3cccc(Cl)c3)nn2)cc1. The fourth-order valence-electron chi connectivity index (χ4n) is 3.30. The first-order valence-corrected chi connectivity index (χ1v) is 10.7. The van der Waals surface area contributed by atoms with Gasteiger partial charge in [-0.25, -0.2) is 0 Å². The van der Waals surface area contributed by atoms with Crippen LogP contribution in [-0.2, 0) is 4.79 Å². The van der Waals surface area contributed by atoms with Crippen LogP contribution in [0.5, 0.6) is 0 Å². The summed E-state index contributed by atoms with van der Waals surface area (Å²) < 4.78 is 0. The van der Waals surface area contributed by atoms with Gasteiger partial charge in [0.25, 0.3) is 5.91 Å². The number of benzene rings is 2. The number of aliphatic carboxylic acids is 1. The van der Waals surface area contributed by atoms with Crippen LogP contribution < -0.4 is 10.6 Å². The number of hydrogen-bond acceptors (Lipinski definition) is 5. The van der Waals surface area contributed by atoms with Gasteiger partial charge in [-0.2, -0.15) is 0 Å². The Bertz CT molecular complexity index is 1070. The maximum Gasteiger partial charge on any atom is 0.305 e. The summed E-state index contributed by atoms with van der Waals surface area (Å²) in [4.78, 5) is 23.6. The van der Waals surface area contributed by atoms with Gasteiger partial charge in [0, 0.05) is 27.9 Å². The molecule has 0 aliphatic heterocycles. The molecule has 0 aliphatic carbocycles. The maximum atomic E-state index is 12.6. The molecule has 7 nitrogen and oxygen atoms in total. The fourth-order valence-corrected chi connectivity index (χ4v) is 3.49. The van der Waals surface area contributed by atoms with Crippen molar-refractivity contribution in [3.8, 4) is 11.3 Å². The molecule has 3 rings (SSSR count). The smallest absolute Gasteiger partial charge is 0.305 e. The lowest BCUT2D eigenvalue weighted by molar-refractivity contribution is -0.137. The van der Waals surface area contributed by atoms with Crippen LogP contribution in [0, 0.1) is 5.92 Å². The molecule has 3 aromatic rings. The topological polar surface area (TPSA) is 104 Å². The number of amides is 1. The predicted octanol–water partition coefficient (Wildman–Crippen LogP) is 5.16. The molecule has 0 bridgehead atoms. The minimum absolute atomic E-state index is 0.104. The first-order valence-electron chi connectivity index (χ1n) is 10.3. The molecule has 0 aliphatic rings. The van der Waals surface area contributed by atoms with E-state index in [1.165, 1.54) is 0 Å². The van der Waals surface area contributed by atoms with Gasteiger partial charge in [0.05, 0.1) is 12.1 Å². The Balaban J connectivity index is 1.65. The quantitative estimate of drug-likeness (QED) is 0.414. The molecule has 1 heterocycles. The zero-order valence-electron chi connectivity index (χ0n) is 17.9. The molecule has 0 unspecified atom stereocenters. The molecular weight excluding hydrogens is 428 g/mol. The van der Waals surface area contributed by atoms with Crippen LogP contribution in [0.15, 0.2) is 60.7 Å². The van der Waals surface area contributed by atoms with E-state index in [0.29, 0.717) is 28.5 Å². The third-order valence-electron chi connectivity index (χ3n) is 4.72. The Morgan fingerprint density at radius 3 is 2.38 bits per heavy atom. The van der Waals surface area contributed by atoms with Crippen molar-refractivity contribution in [2.24, 2.45) is 5.92 Å². The Kier molecular flexibility index (Phi) is 7.78. The van der Waals surface area contributed by atoms with Gasteiger partial charge >= 0.3 is 5.97 Å². The van der Waals surface area contributed by atoms with Crippen LogP contribution in [0.4, 0.5) is 11.5 Å². The van der Waals surface area contributed by atoms with Crippen LogP contribution in [0.3, 0.4) is 0 Å². The Morgan fingerprint density at radius 2 is 1.78 bits per heavy atom. The van der Waals surface area contributed by atoms with E-state index in [1.54, 1.807) is 36.4 Å². The van der Waals surface area contributed by atoms with Crippen molar-refractivity contribution in [1.29, 1.82) is 0 Å². The highest BCUT2D eigenvalue weighted by molar-refractivity contribution is 6.30. The summed E-state index contributed by atoms with van der Waals surface area (Å²) in [5.41, 5.74) is 2.75. The number of rotatable bonds is 9. The van der Waals surface area contributed by atoms with Gasteiger partial charge < -0.3 is 15.7 Å². The second-order valence-electron chi connectivity index (χ2n) is 7.91. The summed E-state index contributed by atoms with van der Waals surface area (Å²) >= 11 is 5.99. The van der Waals surface area contributed by atoms with Gasteiger partial charge in [-0.1, -0.05) is 43.6 Å². The number of carbonyl (C=O) groups is 2. The van der Waals surface area contributed by atoms with Gasteiger partial charge in [0.15, 0.2) is 5.82 Å². The molecule has 2 aromatic carbocycles. The third kappa shape index (κ3) is 6.78. The minimum Gasteiger partial charge on any atom is -0.481 e. The Morgan fingerprint density at radius 1 is 1.03 bits per heavy atom. The normalized spacial score (nSPS) is 11.8. The summed E-state index contributed by atoms with van der Waals surface area (Å²) in [6.07, 6.45) is 0.494. The van der Waals surface area contributed by atoms with Gasteiger partial charge in [-0.3, -0.25) is 9.59 Å². The van der Waals surface area contributed by atoms with E-state index in [4.69, 9.17) is 16.7 Å². The number of halogens is 1. The van der Waals surface area contributed by atoms with E-state index in [2.05, 4.69) is 20.8 Å². The first kappa shape index (κ1) is 23.2. The highest BCUT2D eigenvalue weighted by Gasteiger charge is 2.18. The molecule has 166 valence electrons. The predicted molar refractivity (Wildman–Crippen MR) is 125 cm³/mol. The van der Waals surface area contributed by atoms with Gasteiger partial charge in [0.1, 0.15) is 0 Å². The van der Waals surface area contributed by atoms with Gasteiger partial charge in [-0.15, -0.1) is 10.2 Å². The maximum absolute atomic E-state index is 12.6. The van der Waals surface area contributed by atoms with Crippen LogP contribution in [-0.4, -0.2) is 33.2 Å². The van der Waals surface area contributed by atoms with Crippen molar-refractivity contribution < 1.29 is 14.7 Å². The second kappa shape index (κ2) is 10.7. The lowest BCUT2D eigenvalue weighted by Crippen LogP contribution is -2.37. The number of nitrogens with zero attached hydrogens (tertiary/aromatic N) is 2. The molecule has 0 saturated heterocycles. The summed E-state index contributed by atoms with van der Waals surface area (Å²) in [6, 6.07) is 17.5. The van der Waals surface area contributed by atoms with Crippen LogP contribution in [0.2, 0.25) is 5.02 Å². The van der Waals surface area contributed by atoms with Crippen molar-refractivity contribution in [2.45, 2.75) is 32.7 Å².